The number of hydrogen-bond acceptors (Lipinski definition) is 3. The number of benzene rings is 1. The van der Waals surface area contributed by atoms with Gasteiger partial charge in [-0.1, -0.05) is 6.92 Å². The first kappa shape index (κ1) is 14.6. The zero-order valence-corrected chi connectivity index (χ0v) is 12.7. The van der Waals surface area contributed by atoms with Gasteiger partial charge in [0.15, 0.2) is 0 Å². The second kappa shape index (κ2) is 6.50. The van der Waals surface area contributed by atoms with E-state index in [1.807, 2.05) is 7.05 Å². The standard InChI is InChI=1S/C12H18BrFN2S/c1-4-8(7-17-3)16(2)12-5-9(13)10(14)6-11(12)15/h5-6,8H,4,7,15H2,1-3H3. The van der Waals surface area contributed by atoms with E-state index in [1.54, 1.807) is 17.8 Å². The average molecular weight is 321 g/mol. The summed E-state index contributed by atoms with van der Waals surface area (Å²) in [6, 6.07) is 3.51. The minimum atomic E-state index is -0.322. The number of nitrogens with two attached hydrogens (primary N) is 1. The van der Waals surface area contributed by atoms with Crippen LogP contribution in [0.25, 0.3) is 0 Å². The summed E-state index contributed by atoms with van der Waals surface area (Å²) in [4.78, 5) is 2.12. The second-order valence-electron chi connectivity index (χ2n) is 3.95. The Morgan fingerprint density at radius 3 is 2.71 bits per heavy atom. The Morgan fingerprint density at radius 2 is 2.18 bits per heavy atom. The van der Waals surface area contributed by atoms with Gasteiger partial charge in [0, 0.05) is 24.9 Å². The smallest absolute Gasteiger partial charge is 0.139 e. The third-order valence-electron chi connectivity index (χ3n) is 2.83. The Labute approximate surface area is 115 Å². The van der Waals surface area contributed by atoms with Crippen LogP contribution in [0.2, 0.25) is 0 Å². The lowest BCUT2D eigenvalue weighted by Crippen LogP contribution is -2.33. The molecule has 0 aliphatic heterocycles. The lowest BCUT2D eigenvalue weighted by molar-refractivity contribution is 0.620. The molecule has 17 heavy (non-hydrogen) atoms. The van der Waals surface area contributed by atoms with Crippen LogP contribution in [0.5, 0.6) is 0 Å². The summed E-state index contributed by atoms with van der Waals surface area (Å²) in [6.45, 7) is 2.14. The first-order chi connectivity index (χ1) is 8.01. The van der Waals surface area contributed by atoms with E-state index in [-0.39, 0.29) is 5.82 Å². The van der Waals surface area contributed by atoms with Gasteiger partial charge >= 0.3 is 0 Å². The SMILES string of the molecule is CCC(CSC)N(C)c1cc(Br)c(F)cc1N. The van der Waals surface area contributed by atoms with Crippen molar-refractivity contribution in [3.05, 3.63) is 22.4 Å². The van der Waals surface area contributed by atoms with Gasteiger partial charge in [-0.2, -0.15) is 11.8 Å². The molecule has 0 saturated carbocycles. The first-order valence-electron chi connectivity index (χ1n) is 5.47. The fraction of sp³-hybridized carbons (Fsp3) is 0.500. The maximum atomic E-state index is 13.3. The normalized spacial score (nSPS) is 12.5. The van der Waals surface area contributed by atoms with Gasteiger partial charge in [0.1, 0.15) is 5.82 Å². The molecule has 2 nitrogen and oxygen atoms in total. The van der Waals surface area contributed by atoms with Crippen molar-refractivity contribution in [2.24, 2.45) is 0 Å². The van der Waals surface area contributed by atoms with Crippen molar-refractivity contribution < 1.29 is 4.39 Å². The summed E-state index contributed by atoms with van der Waals surface area (Å²) in [6.07, 6.45) is 3.12. The lowest BCUT2D eigenvalue weighted by Gasteiger charge is -2.30. The Balaban J connectivity index is 3.02. The molecule has 2 N–H and O–H groups in total. The molecule has 1 unspecified atom stereocenters. The maximum Gasteiger partial charge on any atom is 0.139 e. The van der Waals surface area contributed by atoms with Crippen LogP contribution in [-0.2, 0) is 0 Å². The first-order valence-corrected chi connectivity index (χ1v) is 7.66. The summed E-state index contributed by atoms with van der Waals surface area (Å²) in [7, 11) is 2.00. The zero-order valence-electron chi connectivity index (χ0n) is 10.3. The molecule has 0 aromatic heterocycles. The number of nitrogens with zero attached hydrogens (tertiary/aromatic N) is 1. The summed E-state index contributed by atoms with van der Waals surface area (Å²) >= 11 is 5.00. The van der Waals surface area contributed by atoms with E-state index in [4.69, 9.17) is 5.73 Å². The van der Waals surface area contributed by atoms with Crippen LogP contribution in [0.1, 0.15) is 13.3 Å². The van der Waals surface area contributed by atoms with Gasteiger partial charge in [-0.25, -0.2) is 4.39 Å². The number of anilines is 2. The molecule has 0 aliphatic carbocycles. The molecule has 0 fully saturated rings. The summed E-state index contributed by atoms with van der Waals surface area (Å²) in [5.41, 5.74) is 7.22. The Morgan fingerprint density at radius 1 is 1.53 bits per heavy atom. The van der Waals surface area contributed by atoms with E-state index >= 15 is 0 Å². The van der Waals surface area contributed by atoms with Crippen LogP contribution in [0.3, 0.4) is 0 Å². The van der Waals surface area contributed by atoms with Gasteiger partial charge in [-0.05, 0) is 34.7 Å². The zero-order chi connectivity index (χ0) is 13.0. The summed E-state index contributed by atoms with van der Waals surface area (Å²) in [5, 5.41) is 0. The molecule has 0 spiro atoms. The maximum absolute atomic E-state index is 13.3. The summed E-state index contributed by atoms with van der Waals surface area (Å²) in [5.74, 6) is 0.708. The van der Waals surface area contributed by atoms with E-state index in [0.29, 0.717) is 16.2 Å². The molecule has 0 aliphatic rings. The highest BCUT2D eigenvalue weighted by atomic mass is 79.9. The molecule has 1 rings (SSSR count). The topological polar surface area (TPSA) is 29.3 Å². The molecule has 1 aromatic rings. The van der Waals surface area contributed by atoms with Gasteiger partial charge in [-0.3, -0.25) is 0 Å². The van der Waals surface area contributed by atoms with E-state index in [9.17, 15) is 4.39 Å². The van der Waals surface area contributed by atoms with Gasteiger partial charge in [0.05, 0.1) is 15.8 Å². The van der Waals surface area contributed by atoms with E-state index in [2.05, 4.69) is 34.0 Å². The highest BCUT2D eigenvalue weighted by molar-refractivity contribution is 9.10. The van der Waals surface area contributed by atoms with Crippen molar-refractivity contribution in [3.8, 4) is 0 Å². The van der Waals surface area contributed by atoms with E-state index in [0.717, 1.165) is 17.9 Å². The van der Waals surface area contributed by atoms with Gasteiger partial charge in [0.25, 0.3) is 0 Å². The second-order valence-corrected chi connectivity index (χ2v) is 5.72. The fourth-order valence-electron chi connectivity index (χ4n) is 1.75. The number of nitrogen functional groups attached to an aromatic ring is 1. The predicted octanol–water partition coefficient (Wildman–Crippen LogP) is 3.75. The van der Waals surface area contributed by atoms with E-state index in [1.165, 1.54) is 6.07 Å². The van der Waals surface area contributed by atoms with Crippen molar-refractivity contribution in [2.45, 2.75) is 19.4 Å². The fourth-order valence-corrected chi connectivity index (χ4v) is 2.93. The van der Waals surface area contributed by atoms with Crippen LogP contribution < -0.4 is 10.6 Å². The van der Waals surface area contributed by atoms with Gasteiger partial charge in [0.2, 0.25) is 0 Å². The third kappa shape index (κ3) is 3.52. The molecule has 0 saturated heterocycles. The molecule has 1 atom stereocenters. The number of rotatable bonds is 5. The molecule has 0 amide bonds. The van der Waals surface area contributed by atoms with Crippen molar-refractivity contribution in [2.75, 3.05) is 29.7 Å². The molecule has 0 heterocycles. The van der Waals surface area contributed by atoms with Crippen LogP contribution in [0, 0.1) is 5.82 Å². The Hall–Kier alpha value is -0.420. The summed E-state index contributed by atoms with van der Waals surface area (Å²) < 4.78 is 13.8. The lowest BCUT2D eigenvalue weighted by atomic mass is 10.2. The van der Waals surface area contributed by atoms with E-state index < -0.39 is 0 Å². The van der Waals surface area contributed by atoms with Crippen LogP contribution in [-0.4, -0.2) is 25.1 Å². The molecule has 0 radical (unpaired) electrons. The molecular formula is C12H18BrFN2S. The molecule has 5 heteroatoms. The minimum Gasteiger partial charge on any atom is -0.397 e. The van der Waals surface area contributed by atoms with Crippen LogP contribution in [0.15, 0.2) is 16.6 Å². The number of hydrogen-bond donors (Lipinski definition) is 1. The third-order valence-corrected chi connectivity index (χ3v) is 4.15. The predicted molar refractivity (Wildman–Crippen MR) is 79.4 cm³/mol. The largest absolute Gasteiger partial charge is 0.397 e. The van der Waals surface area contributed by atoms with Crippen LogP contribution in [0.4, 0.5) is 15.8 Å². The molecule has 1 aromatic carbocycles. The van der Waals surface area contributed by atoms with Crippen molar-refractivity contribution in [3.63, 3.8) is 0 Å². The van der Waals surface area contributed by atoms with Gasteiger partial charge < -0.3 is 10.6 Å². The van der Waals surface area contributed by atoms with Gasteiger partial charge in [-0.15, -0.1) is 0 Å². The molecule has 96 valence electrons. The molecule has 0 bridgehead atoms. The monoisotopic (exact) mass is 320 g/mol. The quantitative estimate of drug-likeness (QED) is 0.838. The minimum absolute atomic E-state index is 0.322. The van der Waals surface area contributed by atoms with Crippen molar-refractivity contribution in [1.82, 2.24) is 0 Å². The highest BCUT2D eigenvalue weighted by Crippen LogP contribution is 2.31. The van der Waals surface area contributed by atoms with Crippen LogP contribution >= 0.6 is 27.7 Å². The molecular weight excluding hydrogens is 303 g/mol. The number of halogens is 2. The average Bonchev–Trinajstić information content (AvgIpc) is 2.30. The highest BCUT2D eigenvalue weighted by Gasteiger charge is 2.16. The Kier molecular flexibility index (Phi) is 5.59. The Bertz CT molecular complexity index is 387. The van der Waals surface area contributed by atoms with Crippen molar-refractivity contribution >= 4 is 39.1 Å². The van der Waals surface area contributed by atoms with Crippen molar-refractivity contribution in [1.29, 1.82) is 0 Å². The number of thioether (sulfide) groups is 1.